The minimum absolute atomic E-state index is 0.356. The third-order valence-electron chi connectivity index (χ3n) is 2.88. The van der Waals surface area contributed by atoms with Gasteiger partial charge in [0.05, 0.1) is 11.9 Å². The first-order valence-corrected chi connectivity index (χ1v) is 6.49. The molecule has 0 fully saturated rings. The third-order valence-corrected chi connectivity index (χ3v) is 2.88. The summed E-state index contributed by atoms with van der Waals surface area (Å²) in [6.45, 7) is 0. The van der Waals surface area contributed by atoms with Crippen molar-refractivity contribution < 1.29 is 9.18 Å². The Hall–Kier alpha value is -3.22. The average Bonchev–Trinajstić information content (AvgIpc) is 3.05. The van der Waals surface area contributed by atoms with E-state index >= 15 is 0 Å². The first kappa shape index (κ1) is 13.7. The topological polar surface area (TPSA) is 71.8 Å². The molecule has 2 amide bonds. The van der Waals surface area contributed by atoms with Gasteiger partial charge in [0.15, 0.2) is 0 Å². The van der Waals surface area contributed by atoms with Gasteiger partial charge in [0.25, 0.3) is 0 Å². The molecular weight excluding hydrogens is 285 g/mol. The van der Waals surface area contributed by atoms with Gasteiger partial charge in [-0.2, -0.15) is 0 Å². The molecule has 2 heterocycles. The van der Waals surface area contributed by atoms with Crippen molar-refractivity contribution in [2.24, 2.45) is 0 Å². The molecular formula is C15H12FN5O. The van der Waals surface area contributed by atoms with Gasteiger partial charge >= 0.3 is 6.03 Å². The van der Waals surface area contributed by atoms with Gasteiger partial charge in [-0.1, -0.05) is 0 Å². The van der Waals surface area contributed by atoms with Crippen molar-refractivity contribution in [3.05, 3.63) is 67.1 Å². The van der Waals surface area contributed by atoms with Crippen LogP contribution in [0.4, 0.5) is 20.6 Å². The van der Waals surface area contributed by atoms with Crippen molar-refractivity contribution in [3.63, 3.8) is 0 Å². The van der Waals surface area contributed by atoms with E-state index in [0.29, 0.717) is 17.2 Å². The highest BCUT2D eigenvalue weighted by Gasteiger charge is 2.04. The number of carbonyl (C=O) groups is 1. The van der Waals surface area contributed by atoms with Gasteiger partial charge in [-0.05, 0) is 36.4 Å². The number of imidazole rings is 1. The highest BCUT2D eigenvalue weighted by Crippen LogP contribution is 2.11. The van der Waals surface area contributed by atoms with Crippen LogP contribution < -0.4 is 10.6 Å². The highest BCUT2D eigenvalue weighted by atomic mass is 19.1. The van der Waals surface area contributed by atoms with E-state index in [4.69, 9.17) is 0 Å². The number of aromatic nitrogens is 3. The summed E-state index contributed by atoms with van der Waals surface area (Å²) in [5.41, 5.74) is 1.05. The second kappa shape index (κ2) is 6.04. The summed E-state index contributed by atoms with van der Waals surface area (Å²) in [6.07, 6.45) is 6.61. The second-order valence-electron chi connectivity index (χ2n) is 4.46. The van der Waals surface area contributed by atoms with E-state index in [1.807, 2.05) is 0 Å². The predicted octanol–water partition coefficient (Wildman–Crippen LogP) is 3.05. The molecule has 0 unspecified atom stereocenters. The SMILES string of the molecule is O=C(Nc1ccc(F)cc1)Nc1ccc(-n2ccnc2)nc1. The molecule has 2 N–H and O–H groups in total. The number of benzene rings is 1. The van der Waals surface area contributed by atoms with E-state index in [1.54, 1.807) is 41.6 Å². The second-order valence-corrected chi connectivity index (χ2v) is 4.46. The van der Waals surface area contributed by atoms with Gasteiger partial charge in [-0.15, -0.1) is 0 Å². The molecule has 0 radical (unpaired) electrons. The highest BCUT2D eigenvalue weighted by molar-refractivity contribution is 5.99. The zero-order valence-electron chi connectivity index (χ0n) is 11.4. The van der Waals surface area contributed by atoms with E-state index in [1.165, 1.54) is 24.3 Å². The summed E-state index contributed by atoms with van der Waals surface area (Å²) in [5, 5.41) is 5.25. The smallest absolute Gasteiger partial charge is 0.308 e. The lowest BCUT2D eigenvalue weighted by molar-refractivity contribution is 0.262. The molecule has 0 spiro atoms. The van der Waals surface area contributed by atoms with Gasteiger partial charge in [-0.25, -0.2) is 19.2 Å². The standard InChI is InChI=1S/C15H12FN5O/c16-11-1-3-12(4-2-11)19-15(22)20-13-5-6-14(18-9-13)21-8-7-17-10-21/h1-10H,(H2,19,20,22). The van der Waals surface area contributed by atoms with Crippen LogP contribution in [0.1, 0.15) is 0 Å². The number of halogens is 1. The van der Waals surface area contributed by atoms with Crippen LogP contribution in [0, 0.1) is 5.82 Å². The monoisotopic (exact) mass is 297 g/mol. The maximum atomic E-state index is 12.8. The Bertz CT molecular complexity index is 754. The maximum Gasteiger partial charge on any atom is 0.323 e. The van der Waals surface area contributed by atoms with E-state index in [9.17, 15) is 9.18 Å². The fraction of sp³-hybridized carbons (Fsp3) is 0. The van der Waals surface area contributed by atoms with Crippen LogP contribution in [0.5, 0.6) is 0 Å². The summed E-state index contributed by atoms with van der Waals surface area (Å²) >= 11 is 0. The number of amides is 2. The average molecular weight is 297 g/mol. The molecule has 0 saturated heterocycles. The lowest BCUT2D eigenvalue weighted by Crippen LogP contribution is -2.19. The zero-order chi connectivity index (χ0) is 15.4. The van der Waals surface area contributed by atoms with Crippen molar-refractivity contribution in [2.45, 2.75) is 0 Å². The Balaban J connectivity index is 1.63. The first-order valence-electron chi connectivity index (χ1n) is 6.49. The Labute approximate surface area is 125 Å². The summed E-state index contributed by atoms with van der Waals surface area (Å²) in [7, 11) is 0. The van der Waals surface area contributed by atoms with Gasteiger partial charge < -0.3 is 10.6 Å². The van der Waals surface area contributed by atoms with E-state index in [0.717, 1.165) is 0 Å². The molecule has 0 aliphatic heterocycles. The largest absolute Gasteiger partial charge is 0.323 e. The molecule has 0 aliphatic rings. The lowest BCUT2D eigenvalue weighted by atomic mass is 10.3. The van der Waals surface area contributed by atoms with Crippen LogP contribution in [0.25, 0.3) is 5.82 Å². The van der Waals surface area contributed by atoms with Crippen molar-refractivity contribution in [2.75, 3.05) is 10.6 Å². The molecule has 1 aromatic carbocycles. The predicted molar refractivity (Wildman–Crippen MR) is 80.4 cm³/mol. The van der Waals surface area contributed by atoms with Crippen molar-refractivity contribution in [1.82, 2.24) is 14.5 Å². The van der Waals surface area contributed by atoms with Crippen LogP contribution in [-0.4, -0.2) is 20.6 Å². The van der Waals surface area contributed by atoms with Crippen molar-refractivity contribution >= 4 is 17.4 Å². The number of carbonyl (C=O) groups excluding carboxylic acids is 1. The van der Waals surface area contributed by atoms with Crippen LogP contribution in [0.15, 0.2) is 61.3 Å². The quantitative estimate of drug-likeness (QED) is 0.780. The minimum Gasteiger partial charge on any atom is -0.308 e. The van der Waals surface area contributed by atoms with Gasteiger partial charge in [0, 0.05) is 18.1 Å². The summed E-state index contributed by atoms with van der Waals surface area (Å²) in [5.74, 6) is 0.340. The van der Waals surface area contributed by atoms with Crippen LogP contribution >= 0.6 is 0 Å². The Morgan fingerprint density at radius 2 is 1.77 bits per heavy atom. The fourth-order valence-corrected chi connectivity index (χ4v) is 1.83. The van der Waals surface area contributed by atoms with Gasteiger partial charge in [-0.3, -0.25) is 4.57 Å². The van der Waals surface area contributed by atoms with Gasteiger partial charge in [0.1, 0.15) is 18.0 Å². The number of pyridine rings is 1. The molecule has 22 heavy (non-hydrogen) atoms. The molecule has 6 nitrogen and oxygen atoms in total. The van der Waals surface area contributed by atoms with E-state index in [-0.39, 0.29) is 5.82 Å². The molecule has 3 aromatic rings. The van der Waals surface area contributed by atoms with E-state index in [2.05, 4.69) is 20.6 Å². The number of rotatable bonds is 3. The number of urea groups is 1. The molecule has 3 rings (SSSR count). The van der Waals surface area contributed by atoms with Crippen LogP contribution in [-0.2, 0) is 0 Å². The Morgan fingerprint density at radius 3 is 2.41 bits per heavy atom. The number of nitrogens with one attached hydrogen (secondary N) is 2. The zero-order valence-corrected chi connectivity index (χ0v) is 11.4. The lowest BCUT2D eigenvalue weighted by Gasteiger charge is -2.08. The Morgan fingerprint density at radius 1 is 1.05 bits per heavy atom. The van der Waals surface area contributed by atoms with Crippen LogP contribution in [0.2, 0.25) is 0 Å². The molecule has 110 valence electrons. The summed E-state index contributed by atoms with van der Waals surface area (Å²) in [4.78, 5) is 20.0. The summed E-state index contributed by atoms with van der Waals surface area (Å²) in [6, 6.07) is 8.57. The number of hydrogen-bond acceptors (Lipinski definition) is 3. The minimum atomic E-state index is -0.427. The molecule has 0 atom stereocenters. The fourth-order valence-electron chi connectivity index (χ4n) is 1.83. The molecule has 0 bridgehead atoms. The number of hydrogen-bond donors (Lipinski definition) is 2. The van der Waals surface area contributed by atoms with Crippen molar-refractivity contribution in [1.29, 1.82) is 0 Å². The number of nitrogens with zero attached hydrogens (tertiary/aromatic N) is 3. The first-order chi connectivity index (χ1) is 10.7. The number of anilines is 2. The normalized spacial score (nSPS) is 10.2. The van der Waals surface area contributed by atoms with E-state index < -0.39 is 6.03 Å². The molecule has 2 aromatic heterocycles. The van der Waals surface area contributed by atoms with Gasteiger partial charge in [0.2, 0.25) is 0 Å². The van der Waals surface area contributed by atoms with Crippen LogP contribution in [0.3, 0.4) is 0 Å². The third kappa shape index (κ3) is 3.26. The molecule has 7 heteroatoms. The molecule has 0 saturated carbocycles. The molecule has 0 aliphatic carbocycles. The van der Waals surface area contributed by atoms with Crippen molar-refractivity contribution in [3.8, 4) is 5.82 Å². The maximum absolute atomic E-state index is 12.8. The Kier molecular flexibility index (Phi) is 3.78. The summed E-state index contributed by atoms with van der Waals surface area (Å²) < 4.78 is 14.5.